The number of para-hydroxylation sites is 2. The molecule has 1 heterocycles. The molecule has 1 aliphatic rings. The highest BCUT2D eigenvalue weighted by Crippen LogP contribution is 2.31. The molecule has 2 aromatic carbocycles. The zero-order valence-corrected chi connectivity index (χ0v) is 18.7. The molecule has 0 radical (unpaired) electrons. The molecule has 2 aromatic rings. The van der Waals surface area contributed by atoms with Crippen molar-refractivity contribution in [2.45, 2.75) is 27.2 Å². The molecule has 1 fully saturated rings. The number of imide groups is 2. The summed E-state index contributed by atoms with van der Waals surface area (Å²) in [4.78, 5) is 63.8. The number of benzene rings is 2. The van der Waals surface area contributed by atoms with E-state index in [2.05, 4.69) is 5.32 Å². The third-order valence-electron chi connectivity index (χ3n) is 4.85. The average Bonchev–Trinajstić information content (AvgIpc) is 2.97. The summed E-state index contributed by atoms with van der Waals surface area (Å²) in [6.45, 7) is 5.34. The van der Waals surface area contributed by atoms with E-state index in [9.17, 15) is 24.0 Å². The lowest BCUT2D eigenvalue weighted by molar-refractivity contribution is -0.139. The molecule has 9 heteroatoms. The van der Waals surface area contributed by atoms with Crippen molar-refractivity contribution in [3.05, 3.63) is 54.1 Å². The van der Waals surface area contributed by atoms with E-state index in [1.165, 1.54) is 18.2 Å². The van der Waals surface area contributed by atoms with Crippen LogP contribution in [0.25, 0.3) is 0 Å². The second kappa shape index (κ2) is 10.1. The van der Waals surface area contributed by atoms with Crippen LogP contribution in [0.15, 0.2) is 48.5 Å². The standard InChI is InChI=1S/C24H25N3O6/c1-4-33-20-8-6-5-7-18(20)27-23(31)22(30)26(24(27)32)14-19(28)16-9-11-17(12-10-16)25-21(29)13-15(2)3/h5-12,15H,4,13-14H2,1-3H3,(H,25,29). The van der Waals surface area contributed by atoms with E-state index < -0.39 is 30.2 Å². The first kappa shape index (κ1) is 23.6. The van der Waals surface area contributed by atoms with Crippen LogP contribution in [0.2, 0.25) is 0 Å². The van der Waals surface area contributed by atoms with Gasteiger partial charge in [-0.15, -0.1) is 0 Å². The number of anilines is 2. The van der Waals surface area contributed by atoms with Gasteiger partial charge in [0.1, 0.15) is 5.75 Å². The monoisotopic (exact) mass is 451 g/mol. The number of amides is 5. The van der Waals surface area contributed by atoms with E-state index >= 15 is 0 Å². The van der Waals surface area contributed by atoms with Crippen molar-refractivity contribution >= 4 is 40.9 Å². The zero-order chi connectivity index (χ0) is 24.1. The summed E-state index contributed by atoms with van der Waals surface area (Å²) in [5.41, 5.74) is 0.900. The summed E-state index contributed by atoms with van der Waals surface area (Å²) in [6.07, 6.45) is 0.372. The van der Waals surface area contributed by atoms with E-state index in [1.807, 2.05) is 13.8 Å². The number of ketones is 1. The van der Waals surface area contributed by atoms with Crippen molar-refractivity contribution in [2.24, 2.45) is 5.92 Å². The minimum atomic E-state index is -1.09. The van der Waals surface area contributed by atoms with Crippen LogP contribution in [-0.2, 0) is 14.4 Å². The summed E-state index contributed by atoms with van der Waals surface area (Å²) in [6, 6.07) is 11.6. The van der Waals surface area contributed by atoms with Crippen LogP contribution < -0.4 is 15.0 Å². The highest BCUT2D eigenvalue weighted by Gasteiger charge is 2.47. The van der Waals surface area contributed by atoms with Gasteiger partial charge >= 0.3 is 17.8 Å². The van der Waals surface area contributed by atoms with Gasteiger partial charge < -0.3 is 10.1 Å². The quantitative estimate of drug-likeness (QED) is 0.356. The second-order valence-corrected chi connectivity index (χ2v) is 7.86. The van der Waals surface area contributed by atoms with E-state index in [-0.39, 0.29) is 28.8 Å². The van der Waals surface area contributed by atoms with Gasteiger partial charge in [0.25, 0.3) is 0 Å². The number of hydrogen-bond acceptors (Lipinski definition) is 6. The normalized spacial score (nSPS) is 13.6. The Hall–Kier alpha value is -4.01. The number of rotatable bonds is 9. The molecule has 1 aliphatic heterocycles. The van der Waals surface area contributed by atoms with Gasteiger partial charge in [0.2, 0.25) is 5.91 Å². The number of urea groups is 1. The zero-order valence-electron chi connectivity index (χ0n) is 18.7. The molecule has 0 aromatic heterocycles. The number of Topliss-reactive ketones (excluding diaryl/α,β-unsaturated/α-hetero) is 1. The Labute approximate surface area is 191 Å². The van der Waals surface area contributed by atoms with Crippen molar-refractivity contribution < 1.29 is 28.7 Å². The van der Waals surface area contributed by atoms with Crippen molar-refractivity contribution in [2.75, 3.05) is 23.4 Å². The molecule has 0 aliphatic carbocycles. The Kier molecular flexibility index (Phi) is 7.22. The maximum atomic E-state index is 12.9. The lowest BCUT2D eigenvalue weighted by atomic mass is 10.1. The molecule has 33 heavy (non-hydrogen) atoms. The average molecular weight is 451 g/mol. The van der Waals surface area contributed by atoms with Crippen LogP contribution in [0.3, 0.4) is 0 Å². The maximum Gasteiger partial charge on any atom is 0.339 e. The number of nitrogens with one attached hydrogen (secondary N) is 1. The fourth-order valence-corrected chi connectivity index (χ4v) is 3.33. The Bertz CT molecular complexity index is 1090. The summed E-state index contributed by atoms with van der Waals surface area (Å²) in [5, 5.41) is 2.74. The van der Waals surface area contributed by atoms with E-state index in [0.29, 0.717) is 28.5 Å². The van der Waals surface area contributed by atoms with Gasteiger partial charge in [-0.05, 0) is 49.2 Å². The fraction of sp³-hybridized carbons (Fsp3) is 0.292. The van der Waals surface area contributed by atoms with Crippen molar-refractivity contribution in [3.8, 4) is 5.75 Å². The highest BCUT2D eigenvalue weighted by molar-refractivity contribution is 6.53. The smallest absolute Gasteiger partial charge is 0.339 e. The summed E-state index contributed by atoms with van der Waals surface area (Å²) < 4.78 is 5.45. The number of hydrogen-bond donors (Lipinski definition) is 1. The SMILES string of the molecule is CCOc1ccccc1N1C(=O)C(=O)N(CC(=O)c2ccc(NC(=O)CC(C)C)cc2)C1=O. The molecule has 0 unspecified atom stereocenters. The number of carbonyl (C=O) groups excluding carboxylic acids is 5. The lowest BCUT2D eigenvalue weighted by Gasteiger charge is -2.18. The number of carbonyl (C=O) groups is 5. The molecule has 0 bridgehead atoms. The van der Waals surface area contributed by atoms with Crippen molar-refractivity contribution in [1.82, 2.24) is 4.90 Å². The Morgan fingerprint density at radius 1 is 0.970 bits per heavy atom. The van der Waals surface area contributed by atoms with E-state index in [1.54, 1.807) is 37.3 Å². The van der Waals surface area contributed by atoms with Gasteiger partial charge in [-0.25, -0.2) is 14.6 Å². The van der Waals surface area contributed by atoms with E-state index in [0.717, 1.165) is 0 Å². The maximum absolute atomic E-state index is 12.9. The predicted molar refractivity (Wildman–Crippen MR) is 121 cm³/mol. The van der Waals surface area contributed by atoms with Crippen LogP contribution in [0.4, 0.5) is 16.2 Å². The molecule has 1 saturated heterocycles. The second-order valence-electron chi connectivity index (χ2n) is 7.86. The highest BCUT2D eigenvalue weighted by atomic mass is 16.5. The Morgan fingerprint density at radius 3 is 2.27 bits per heavy atom. The van der Waals surface area contributed by atoms with Gasteiger partial charge in [-0.1, -0.05) is 26.0 Å². The Morgan fingerprint density at radius 2 is 1.64 bits per heavy atom. The van der Waals surface area contributed by atoms with Crippen LogP contribution in [0.5, 0.6) is 5.75 Å². The summed E-state index contributed by atoms with van der Waals surface area (Å²) in [5.74, 6) is -2.31. The minimum Gasteiger partial charge on any atom is -0.492 e. The third-order valence-corrected chi connectivity index (χ3v) is 4.85. The number of nitrogens with zero attached hydrogens (tertiary/aromatic N) is 2. The molecule has 1 N–H and O–H groups in total. The van der Waals surface area contributed by atoms with Gasteiger partial charge in [0.05, 0.1) is 18.8 Å². The van der Waals surface area contributed by atoms with E-state index in [4.69, 9.17) is 4.74 Å². The number of ether oxygens (including phenoxy) is 1. The van der Waals surface area contributed by atoms with Gasteiger partial charge in [-0.3, -0.25) is 19.2 Å². The molecular weight excluding hydrogens is 426 g/mol. The fourth-order valence-electron chi connectivity index (χ4n) is 3.33. The van der Waals surface area contributed by atoms with Crippen LogP contribution in [-0.4, -0.2) is 47.6 Å². The van der Waals surface area contributed by atoms with Crippen LogP contribution >= 0.6 is 0 Å². The summed E-state index contributed by atoms with van der Waals surface area (Å²) in [7, 11) is 0. The topological polar surface area (TPSA) is 113 Å². The van der Waals surface area contributed by atoms with Gasteiger partial charge in [-0.2, -0.15) is 0 Å². The molecule has 172 valence electrons. The minimum absolute atomic E-state index is 0.136. The Balaban J connectivity index is 1.72. The first-order valence-electron chi connectivity index (χ1n) is 10.6. The molecule has 5 amide bonds. The third kappa shape index (κ3) is 5.25. The van der Waals surface area contributed by atoms with Gasteiger partial charge in [0, 0.05) is 17.7 Å². The summed E-state index contributed by atoms with van der Waals surface area (Å²) >= 11 is 0. The van der Waals surface area contributed by atoms with Crippen molar-refractivity contribution in [1.29, 1.82) is 0 Å². The first-order chi connectivity index (χ1) is 15.7. The van der Waals surface area contributed by atoms with Crippen LogP contribution in [0.1, 0.15) is 37.6 Å². The van der Waals surface area contributed by atoms with Crippen molar-refractivity contribution in [3.63, 3.8) is 0 Å². The molecule has 0 atom stereocenters. The van der Waals surface area contributed by atoms with Crippen LogP contribution in [0, 0.1) is 5.92 Å². The molecule has 3 rings (SSSR count). The molecule has 0 spiro atoms. The predicted octanol–water partition coefficient (Wildman–Crippen LogP) is 3.25. The van der Waals surface area contributed by atoms with Gasteiger partial charge in [0.15, 0.2) is 5.78 Å². The molecule has 9 nitrogen and oxygen atoms in total. The lowest BCUT2D eigenvalue weighted by Crippen LogP contribution is -2.37. The largest absolute Gasteiger partial charge is 0.492 e. The first-order valence-corrected chi connectivity index (χ1v) is 10.6. The molecule has 0 saturated carbocycles. The molecular formula is C24H25N3O6.